The minimum Gasteiger partial charge on any atom is -0.376 e. The Morgan fingerprint density at radius 2 is 1.63 bits per heavy atom. The van der Waals surface area contributed by atoms with Gasteiger partial charge in [0.15, 0.2) is 0 Å². The van der Waals surface area contributed by atoms with Gasteiger partial charge in [0.1, 0.15) is 0 Å². The maximum atomic E-state index is 13.0. The number of carbonyl (C=O) groups is 3. The number of nitrogens with one attached hydrogen (secondary N) is 1. The third-order valence-electron chi connectivity index (χ3n) is 4.74. The van der Waals surface area contributed by atoms with E-state index in [1.165, 1.54) is 6.07 Å². The number of nitrogens with zero attached hydrogens (tertiary/aromatic N) is 2. The van der Waals surface area contributed by atoms with Crippen molar-refractivity contribution in [1.82, 2.24) is 4.90 Å². The van der Waals surface area contributed by atoms with Crippen molar-refractivity contribution in [3.63, 3.8) is 0 Å². The molecule has 0 saturated heterocycles. The maximum absolute atomic E-state index is 13.0. The van der Waals surface area contributed by atoms with Crippen LogP contribution in [-0.4, -0.2) is 43.3 Å². The highest BCUT2D eigenvalue weighted by Gasteiger charge is 2.34. The minimum absolute atomic E-state index is 0.0422. The second-order valence-electron chi connectivity index (χ2n) is 7.08. The fraction of sp³-hybridized carbons (Fsp3) is 0.286. The van der Waals surface area contributed by atoms with E-state index in [0.717, 1.165) is 17.0 Å². The molecule has 3 amide bonds. The van der Waals surface area contributed by atoms with Crippen LogP contribution in [-0.2, 0) is 11.0 Å². The summed E-state index contributed by atoms with van der Waals surface area (Å²) in [5, 5.41) is 2.50. The van der Waals surface area contributed by atoms with Crippen LogP contribution >= 0.6 is 0 Å². The molecule has 1 aliphatic heterocycles. The molecule has 2 aromatic carbocycles. The van der Waals surface area contributed by atoms with E-state index in [1.807, 2.05) is 0 Å². The van der Waals surface area contributed by atoms with Gasteiger partial charge in [0, 0.05) is 27.1 Å². The van der Waals surface area contributed by atoms with Gasteiger partial charge in [-0.15, -0.1) is 0 Å². The number of anilines is 2. The molecule has 0 spiro atoms. The maximum Gasteiger partial charge on any atom is 0.416 e. The van der Waals surface area contributed by atoms with Gasteiger partial charge in [0.05, 0.1) is 28.1 Å². The zero-order valence-corrected chi connectivity index (χ0v) is 16.4. The highest BCUT2D eigenvalue weighted by molar-refractivity contribution is 6.21. The second-order valence-corrected chi connectivity index (χ2v) is 7.08. The number of imide groups is 1. The highest BCUT2D eigenvalue weighted by atomic mass is 19.4. The number of hydrogen-bond donors (Lipinski definition) is 1. The van der Waals surface area contributed by atoms with Crippen molar-refractivity contribution in [2.24, 2.45) is 0 Å². The molecule has 0 atom stereocenters. The van der Waals surface area contributed by atoms with Crippen molar-refractivity contribution in [3.05, 3.63) is 59.2 Å². The lowest BCUT2D eigenvalue weighted by molar-refractivity contribution is -0.137. The molecule has 0 saturated carbocycles. The van der Waals surface area contributed by atoms with Crippen molar-refractivity contribution < 1.29 is 27.6 Å². The van der Waals surface area contributed by atoms with Gasteiger partial charge in [-0.25, -0.2) is 0 Å². The molecule has 9 heteroatoms. The summed E-state index contributed by atoms with van der Waals surface area (Å²) in [4.78, 5) is 39.6. The Morgan fingerprint density at radius 3 is 2.17 bits per heavy atom. The van der Waals surface area contributed by atoms with E-state index in [0.29, 0.717) is 16.8 Å². The molecule has 1 aliphatic rings. The fourth-order valence-electron chi connectivity index (χ4n) is 3.26. The highest BCUT2D eigenvalue weighted by Crippen LogP contribution is 2.35. The van der Waals surface area contributed by atoms with E-state index in [4.69, 9.17) is 0 Å². The van der Waals surface area contributed by atoms with Crippen LogP contribution in [0.3, 0.4) is 0 Å². The van der Waals surface area contributed by atoms with E-state index < -0.39 is 29.5 Å². The number of hydrogen-bond acceptors (Lipinski definition) is 4. The number of rotatable bonds is 6. The predicted molar refractivity (Wildman–Crippen MR) is 105 cm³/mol. The number of benzene rings is 2. The van der Waals surface area contributed by atoms with Crippen LogP contribution < -0.4 is 10.2 Å². The Balaban J connectivity index is 1.63. The first-order valence-corrected chi connectivity index (χ1v) is 9.23. The molecule has 0 radical (unpaired) electrons. The number of alkyl halides is 3. The molecule has 1 heterocycles. The fourth-order valence-corrected chi connectivity index (χ4v) is 3.26. The average molecular weight is 419 g/mol. The first-order valence-electron chi connectivity index (χ1n) is 9.23. The summed E-state index contributed by atoms with van der Waals surface area (Å²) in [5.74, 6) is -1.33. The van der Waals surface area contributed by atoms with Crippen molar-refractivity contribution in [3.8, 4) is 0 Å². The topological polar surface area (TPSA) is 69.7 Å². The van der Waals surface area contributed by atoms with Crippen LogP contribution in [0.2, 0.25) is 0 Å². The molecule has 30 heavy (non-hydrogen) atoms. The summed E-state index contributed by atoms with van der Waals surface area (Å²) >= 11 is 0. The summed E-state index contributed by atoms with van der Waals surface area (Å²) in [6, 6.07) is 9.59. The molecule has 0 aliphatic carbocycles. The lowest BCUT2D eigenvalue weighted by Gasteiger charge is -2.20. The third-order valence-corrected chi connectivity index (χ3v) is 4.74. The number of fused-ring (bicyclic) bond motifs is 1. The normalized spacial score (nSPS) is 13.4. The monoisotopic (exact) mass is 419 g/mol. The van der Waals surface area contributed by atoms with Crippen LogP contribution in [0.15, 0.2) is 42.5 Å². The number of amides is 3. The molecule has 6 nitrogen and oxygen atoms in total. The molecule has 0 bridgehead atoms. The largest absolute Gasteiger partial charge is 0.416 e. The van der Waals surface area contributed by atoms with E-state index in [9.17, 15) is 27.6 Å². The zero-order valence-electron chi connectivity index (χ0n) is 16.4. The molecule has 0 aromatic heterocycles. The Hall–Kier alpha value is -3.36. The van der Waals surface area contributed by atoms with Crippen molar-refractivity contribution in [1.29, 1.82) is 0 Å². The van der Waals surface area contributed by atoms with Gasteiger partial charge in [0.2, 0.25) is 5.91 Å². The van der Waals surface area contributed by atoms with E-state index >= 15 is 0 Å². The molecular weight excluding hydrogens is 399 g/mol. The smallest absolute Gasteiger partial charge is 0.376 e. The van der Waals surface area contributed by atoms with Crippen LogP contribution in [0.5, 0.6) is 0 Å². The van der Waals surface area contributed by atoms with Crippen molar-refractivity contribution in [2.45, 2.75) is 19.0 Å². The minimum atomic E-state index is -4.53. The van der Waals surface area contributed by atoms with Crippen LogP contribution in [0.4, 0.5) is 24.5 Å². The Morgan fingerprint density at radius 1 is 1.03 bits per heavy atom. The van der Waals surface area contributed by atoms with Crippen LogP contribution in [0, 0.1) is 0 Å². The quantitative estimate of drug-likeness (QED) is 0.724. The predicted octanol–water partition coefficient (Wildman–Crippen LogP) is 3.79. The average Bonchev–Trinajstić information content (AvgIpc) is 2.92. The van der Waals surface area contributed by atoms with Gasteiger partial charge in [-0.2, -0.15) is 13.2 Å². The Bertz CT molecular complexity index is 967. The Labute approximate surface area is 171 Å². The second kappa shape index (κ2) is 8.17. The molecule has 0 unspecified atom stereocenters. The van der Waals surface area contributed by atoms with Crippen LogP contribution in [0.1, 0.15) is 39.1 Å². The summed E-state index contributed by atoms with van der Waals surface area (Å²) in [6.45, 7) is 0.0445. The lowest BCUT2D eigenvalue weighted by Crippen LogP contribution is -2.31. The molecule has 0 fully saturated rings. The number of carbonyl (C=O) groups excluding carboxylic acids is 3. The van der Waals surface area contributed by atoms with Crippen molar-refractivity contribution in [2.75, 3.05) is 30.9 Å². The standard InChI is InChI=1S/C21H20F3N3O3/c1-26(2)17-10-9-13(21(22,23)24)12-16(17)25-18(28)8-5-11-27-19(29)14-6-3-4-7-15(14)20(27)30/h3-4,6-7,9-10,12H,5,8,11H2,1-2H3,(H,25,28). The number of halogens is 3. The van der Waals surface area contributed by atoms with E-state index in [-0.39, 0.29) is 25.1 Å². The lowest BCUT2D eigenvalue weighted by atomic mass is 10.1. The molecular formula is C21H20F3N3O3. The van der Waals surface area contributed by atoms with Gasteiger partial charge in [-0.1, -0.05) is 12.1 Å². The molecule has 3 rings (SSSR count). The summed E-state index contributed by atoms with van der Waals surface area (Å²) in [5.41, 5.74) is 0.254. The van der Waals surface area contributed by atoms with Gasteiger partial charge in [0.25, 0.3) is 11.8 Å². The first kappa shape index (κ1) is 21.4. The summed E-state index contributed by atoms with van der Waals surface area (Å²) in [7, 11) is 3.31. The van der Waals surface area contributed by atoms with Crippen molar-refractivity contribution >= 4 is 29.1 Å². The van der Waals surface area contributed by atoms with Crippen LogP contribution in [0.25, 0.3) is 0 Å². The summed E-state index contributed by atoms with van der Waals surface area (Å²) < 4.78 is 39.0. The zero-order chi connectivity index (χ0) is 22.1. The third kappa shape index (κ3) is 4.29. The molecule has 1 N–H and O–H groups in total. The first-order chi connectivity index (χ1) is 14.1. The molecule has 2 aromatic rings. The van der Waals surface area contributed by atoms with E-state index in [2.05, 4.69) is 5.32 Å². The Kier molecular flexibility index (Phi) is 5.82. The van der Waals surface area contributed by atoms with Gasteiger partial charge in [-0.3, -0.25) is 19.3 Å². The molecule has 158 valence electrons. The summed E-state index contributed by atoms with van der Waals surface area (Å²) in [6.07, 6.45) is -4.40. The van der Waals surface area contributed by atoms with Gasteiger partial charge in [-0.05, 0) is 36.8 Å². The SMILES string of the molecule is CN(C)c1ccc(C(F)(F)F)cc1NC(=O)CCCN1C(=O)c2ccccc2C1=O. The van der Waals surface area contributed by atoms with Gasteiger partial charge < -0.3 is 10.2 Å². The van der Waals surface area contributed by atoms with Gasteiger partial charge >= 0.3 is 6.18 Å². The van der Waals surface area contributed by atoms with E-state index in [1.54, 1.807) is 43.3 Å².